The molecule has 1 fully saturated rings. The highest BCUT2D eigenvalue weighted by Crippen LogP contribution is 2.45. The SMILES string of the molecule is CCc1ccc(NC(=O)C2(C#N)CC2)cc1. The standard InChI is InChI=1S/C13H14N2O/c1-2-10-3-5-11(6-4-10)15-12(16)13(9-14)7-8-13/h3-6H,2,7-8H2,1H3,(H,15,16). The zero-order chi connectivity index (χ0) is 11.6. The van der Waals surface area contributed by atoms with Gasteiger partial charge in [0.15, 0.2) is 0 Å². The predicted octanol–water partition coefficient (Wildman–Crippen LogP) is 2.49. The van der Waals surface area contributed by atoms with Crippen molar-refractivity contribution in [2.45, 2.75) is 26.2 Å². The molecule has 1 aliphatic rings. The van der Waals surface area contributed by atoms with E-state index < -0.39 is 5.41 Å². The highest BCUT2D eigenvalue weighted by molar-refractivity contribution is 5.99. The van der Waals surface area contributed by atoms with E-state index >= 15 is 0 Å². The van der Waals surface area contributed by atoms with E-state index in [2.05, 4.69) is 18.3 Å². The second-order valence-corrected chi connectivity index (χ2v) is 4.20. The molecule has 16 heavy (non-hydrogen) atoms. The van der Waals surface area contributed by atoms with Crippen molar-refractivity contribution < 1.29 is 4.79 Å². The lowest BCUT2D eigenvalue weighted by atomic mass is 10.1. The van der Waals surface area contributed by atoms with Crippen LogP contribution >= 0.6 is 0 Å². The molecular formula is C13H14N2O. The van der Waals surface area contributed by atoms with Gasteiger partial charge in [0.2, 0.25) is 5.91 Å². The molecule has 0 atom stereocenters. The Morgan fingerprint density at radius 1 is 1.44 bits per heavy atom. The summed E-state index contributed by atoms with van der Waals surface area (Å²) < 4.78 is 0. The molecule has 3 heteroatoms. The summed E-state index contributed by atoms with van der Waals surface area (Å²) in [5.74, 6) is -0.167. The number of hydrogen-bond donors (Lipinski definition) is 1. The molecule has 0 heterocycles. The quantitative estimate of drug-likeness (QED) is 0.840. The molecular weight excluding hydrogens is 200 g/mol. The Morgan fingerprint density at radius 3 is 2.50 bits per heavy atom. The number of aryl methyl sites for hydroxylation is 1. The summed E-state index contributed by atoms with van der Waals surface area (Å²) in [6, 6.07) is 9.82. The largest absolute Gasteiger partial charge is 0.325 e. The highest BCUT2D eigenvalue weighted by atomic mass is 16.2. The van der Waals surface area contributed by atoms with Gasteiger partial charge in [0.25, 0.3) is 0 Å². The van der Waals surface area contributed by atoms with Crippen molar-refractivity contribution in [3.63, 3.8) is 0 Å². The lowest BCUT2D eigenvalue weighted by Crippen LogP contribution is -2.22. The number of anilines is 1. The first-order valence-electron chi connectivity index (χ1n) is 5.52. The van der Waals surface area contributed by atoms with Crippen molar-refractivity contribution >= 4 is 11.6 Å². The van der Waals surface area contributed by atoms with E-state index in [-0.39, 0.29) is 5.91 Å². The van der Waals surface area contributed by atoms with Crippen LogP contribution in [0.5, 0.6) is 0 Å². The molecule has 1 aromatic carbocycles. The zero-order valence-corrected chi connectivity index (χ0v) is 9.29. The van der Waals surface area contributed by atoms with E-state index in [9.17, 15) is 4.79 Å². The Morgan fingerprint density at radius 2 is 2.06 bits per heavy atom. The average molecular weight is 214 g/mol. The lowest BCUT2D eigenvalue weighted by Gasteiger charge is -2.08. The van der Waals surface area contributed by atoms with Crippen LogP contribution in [0, 0.1) is 16.7 Å². The summed E-state index contributed by atoms with van der Waals surface area (Å²) in [7, 11) is 0. The number of nitriles is 1. The maximum atomic E-state index is 11.7. The molecule has 3 nitrogen and oxygen atoms in total. The fourth-order valence-electron chi connectivity index (χ4n) is 1.59. The van der Waals surface area contributed by atoms with Crippen LogP contribution in [0.1, 0.15) is 25.3 Å². The molecule has 1 amide bonds. The van der Waals surface area contributed by atoms with Gasteiger partial charge in [0, 0.05) is 5.69 Å². The maximum absolute atomic E-state index is 11.7. The van der Waals surface area contributed by atoms with Gasteiger partial charge in [0.1, 0.15) is 5.41 Å². The van der Waals surface area contributed by atoms with Gasteiger partial charge in [-0.05, 0) is 37.0 Å². The number of hydrogen-bond acceptors (Lipinski definition) is 2. The lowest BCUT2D eigenvalue weighted by molar-refractivity contribution is -0.119. The van der Waals surface area contributed by atoms with Crippen LogP contribution in [-0.2, 0) is 11.2 Å². The molecule has 1 saturated carbocycles. The molecule has 0 saturated heterocycles. The van der Waals surface area contributed by atoms with Gasteiger partial charge in [-0.1, -0.05) is 19.1 Å². The second kappa shape index (κ2) is 3.97. The van der Waals surface area contributed by atoms with Crippen LogP contribution in [0.15, 0.2) is 24.3 Å². The van der Waals surface area contributed by atoms with Gasteiger partial charge in [-0.3, -0.25) is 4.79 Å². The molecule has 0 unspecified atom stereocenters. The first-order valence-corrected chi connectivity index (χ1v) is 5.52. The summed E-state index contributed by atoms with van der Waals surface area (Å²) in [5.41, 5.74) is 1.26. The highest BCUT2D eigenvalue weighted by Gasteiger charge is 2.50. The number of carbonyl (C=O) groups is 1. The Bertz CT molecular complexity index is 438. The predicted molar refractivity (Wildman–Crippen MR) is 61.7 cm³/mol. The number of amides is 1. The third kappa shape index (κ3) is 1.92. The Hall–Kier alpha value is -1.82. The van der Waals surface area contributed by atoms with E-state index in [0.717, 1.165) is 12.1 Å². The molecule has 1 N–H and O–H groups in total. The number of benzene rings is 1. The number of carbonyl (C=O) groups excluding carboxylic acids is 1. The monoisotopic (exact) mass is 214 g/mol. The molecule has 0 radical (unpaired) electrons. The third-order valence-corrected chi connectivity index (χ3v) is 3.02. The Balaban J connectivity index is 2.04. The average Bonchev–Trinajstić information content (AvgIpc) is 3.11. The van der Waals surface area contributed by atoms with Gasteiger partial charge in [-0.25, -0.2) is 0 Å². The molecule has 2 rings (SSSR count). The van der Waals surface area contributed by atoms with Gasteiger partial charge in [0.05, 0.1) is 6.07 Å². The zero-order valence-electron chi connectivity index (χ0n) is 9.29. The topological polar surface area (TPSA) is 52.9 Å². The van der Waals surface area contributed by atoms with E-state index in [0.29, 0.717) is 12.8 Å². The minimum atomic E-state index is -0.747. The smallest absolute Gasteiger partial charge is 0.244 e. The van der Waals surface area contributed by atoms with Crippen molar-refractivity contribution in [2.24, 2.45) is 5.41 Å². The molecule has 0 bridgehead atoms. The van der Waals surface area contributed by atoms with Crippen LogP contribution in [0.25, 0.3) is 0 Å². The molecule has 82 valence electrons. The minimum Gasteiger partial charge on any atom is -0.325 e. The molecule has 1 aromatic rings. The maximum Gasteiger partial charge on any atom is 0.244 e. The van der Waals surface area contributed by atoms with Crippen LogP contribution in [-0.4, -0.2) is 5.91 Å². The minimum absolute atomic E-state index is 0.167. The van der Waals surface area contributed by atoms with E-state index in [1.54, 1.807) is 0 Å². The van der Waals surface area contributed by atoms with Crippen LogP contribution in [0.3, 0.4) is 0 Å². The van der Waals surface area contributed by atoms with E-state index in [1.807, 2.05) is 24.3 Å². The summed E-state index contributed by atoms with van der Waals surface area (Å²) in [6.45, 7) is 2.09. The second-order valence-electron chi connectivity index (χ2n) is 4.20. The molecule has 1 aliphatic carbocycles. The van der Waals surface area contributed by atoms with Gasteiger partial charge in [-0.2, -0.15) is 5.26 Å². The first-order chi connectivity index (χ1) is 7.70. The summed E-state index contributed by atoms with van der Waals surface area (Å²) in [4.78, 5) is 11.7. The fourth-order valence-corrected chi connectivity index (χ4v) is 1.59. The van der Waals surface area contributed by atoms with Gasteiger partial charge in [-0.15, -0.1) is 0 Å². The molecule has 0 spiro atoms. The Labute approximate surface area is 95.1 Å². The van der Waals surface area contributed by atoms with Gasteiger partial charge >= 0.3 is 0 Å². The van der Waals surface area contributed by atoms with E-state index in [4.69, 9.17) is 5.26 Å². The normalized spacial score (nSPS) is 16.2. The summed E-state index contributed by atoms with van der Waals surface area (Å²) in [5, 5.41) is 11.7. The van der Waals surface area contributed by atoms with Crippen molar-refractivity contribution in [1.29, 1.82) is 5.26 Å². The molecule has 0 aromatic heterocycles. The van der Waals surface area contributed by atoms with Crippen molar-refractivity contribution in [3.8, 4) is 6.07 Å². The van der Waals surface area contributed by atoms with Crippen LogP contribution < -0.4 is 5.32 Å². The van der Waals surface area contributed by atoms with Crippen molar-refractivity contribution in [1.82, 2.24) is 0 Å². The van der Waals surface area contributed by atoms with Crippen molar-refractivity contribution in [2.75, 3.05) is 5.32 Å². The summed E-state index contributed by atoms with van der Waals surface area (Å²) >= 11 is 0. The molecule has 0 aliphatic heterocycles. The van der Waals surface area contributed by atoms with Crippen LogP contribution in [0.4, 0.5) is 5.69 Å². The van der Waals surface area contributed by atoms with Crippen LogP contribution in [0.2, 0.25) is 0 Å². The number of rotatable bonds is 3. The van der Waals surface area contributed by atoms with Crippen molar-refractivity contribution in [3.05, 3.63) is 29.8 Å². The summed E-state index contributed by atoms with van der Waals surface area (Å²) in [6.07, 6.45) is 2.35. The van der Waals surface area contributed by atoms with Gasteiger partial charge < -0.3 is 5.32 Å². The number of nitrogens with zero attached hydrogens (tertiary/aromatic N) is 1. The Kier molecular flexibility index (Phi) is 2.66. The van der Waals surface area contributed by atoms with E-state index in [1.165, 1.54) is 5.56 Å². The fraction of sp³-hybridized carbons (Fsp3) is 0.385. The first kappa shape index (κ1) is 10.7. The third-order valence-electron chi connectivity index (χ3n) is 3.02. The number of nitrogens with one attached hydrogen (secondary N) is 1.